The van der Waals surface area contributed by atoms with E-state index in [0.29, 0.717) is 11.6 Å². The van der Waals surface area contributed by atoms with Crippen LogP contribution in [0, 0.1) is 5.92 Å². The normalized spacial score (nSPS) is 26.2. The summed E-state index contributed by atoms with van der Waals surface area (Å²) < 4.78 is 0. The first-order valence-corrected chi connectivity index (χ1v) is 8.08. The van der Waals surface area contributed by atoms with Crippen LogP contribution in [0.4, 0.5) is 0 Å². The highest BCUT2D eigenvalue weighted by Crippen LogP contribution is 2.34. The Morgan fingerprint density at radius 2 is 1.50 bits per heavy atom. The van der Waals surface area contributed by atoms with Crippen molar-refractivity contribution in [3.05, 3.63) is 0 Å². The summed E-state index contributed by atoms with van der Waals surface area (Å²) in [5.41, 5.74) is 0.317. The summed E-state index contributed by atoms with van der Waals surface area (Å²) in [6.07, 6.45) is 11.4. The molecule has 1 heterocycles. The summed E-state index contributed by atoms with van der Waals surface area (Å²) in [6.45, 7) is 7.54. The molecule has 0 spiro atoms. The van der Waals surface area contributed by atoms with Gasteiger partial charge in [-0.05, 0) is 65.6 Å². The van der Waals surface area contributed by atoms with E-state index in [2.05, 4.69) is 31.1 Å². The van der Waals surface area contributed by atoms with Gasteiger partial charge in [0, 0.05) is 11.6 Å². The monoisotopic (exact) mass is 252 g/mol. The van der Waals surface area contributed by atoms with Gasteiger partial charge in [0.05, 0.1) is 0 Å². The number of piperidine rings is 1. The smallest absolute Gasteiger partial charge is 0.0308 e. The van der Waals surface area contributed by atoms with Crippen LogP contribution in [-0.2, 0) is 0 Å². The Hall–Kier alpha value is -0.0800. The maximum atomic E-state index is 3.67. The molecule has 0 aromatic carbocycles. The van der Waals surface area contributed by atoms with Gasteiger partial charge in [0.1, 0.15) is 0 Å². The minimum Gasteiger partial charge on any atom is -0.315 e. The van der Waals surface area contributed by atoms with Gasteiger partial charge in [-0.1, -0.05) is 25.7 Å². The summed E-state index contributed by atoms with van der Waals surface area (Å²) in [4.78, 5) is 2.74. The molecule has 1 saturated carbocycles. The second-order valence-corrected chi connectivity index (χ2v) is 6.87. The highest BCUT2D eigenvalue weighted by Gasteiger charge is 2.39. The maximum absolute atomic E-state index is 3.67. The second kappa shape index (κ2) is 6.38. The van der Waals surface area contributed by atoms with Crippen molar-refractivity contribution in [2.24, 2.45) is 5.92 Å². The zero-order valence-corrected chi connectivity index (χ0v) is 12.7. The van der Waals surface area contributed by atoms with E-state index in [-0.39, 0.29) is 0 Å². The number of likely N-dealkylation sites (N-methyl/N-ethyl adjacent to an activating group) is 1. The largest absolute Gasteiger partial charge is 0.315 e. The first-order valence-electron chi connectivity index (χ1n) is 8.08. The molecule has 1 aliphatic carbocycles. The summed E-state index contributed by atoms with van der Waals surface area (Å²) in [6, 6.07) is 0.663. The van der Waals surface area contributed by atoms with E-state index in [1.165, 1.54) is 64.5 Å². The number of hydrogen-bond acceptors (Lipinski definition) is 2. The number of likely N-dealkylation sites (tertiary alicyclic amines) is 1. The van der Waals surface area contributed by atoms with Gasteiger partial charge in [0.25, 0.3) is 0 Å². The third-order valence-corrected chi connectivity index (χ3v) is 5.36. The van der Waals surface area contributed by atoms with E-state index in [4.69, 9.17) is 0 Å². The van der Waals surface area contributed by atoms with E-state index in [0.717, 1.165) is 5.92 Å². The molecular weight excluding hydrogens is 220 g/mol. The lowest BCUT2D eigenvalue weighted by atomic mass is 9.75. The van der Waals surface area contributed by atoms with Crippen LogP contribution in [0.15, 0.2) is 0 Å². The molecule has 18 heavy (non-hydrogen) atoms. The molecule has 1 saturated heterocycles. The molecule has 1 aliphatic heterocycles. The molecule has 2 fully saturated rings. The molecule has 0 aromatic heterocycles. The van der Waals surface area contributed by atoms with Crippen molar-refractivity contribution in [2.75, 3.05) is 20.1 Å². The van der Waals surface area contributed by atoms with Crippen molar-refractivity contribution in [3.8, 4) is 0 Å². The summed E-state index contributed by atoms with van der Waals surface area (Å²) in [7, 11) is 2.17. The predicted octanol–water partition coefficient (Wildman–Crippen LogP) is 3.42. The van der Waals surface area contributed by atoms with E-state index in [1.807, 2.05) is 0 Å². The SMILES string of the molecule is CNC(C1CCCCC1)C(C)(C)N1CCCCC1. The summed E-state index contributed by atoms with van der Waals surface area (Å²) in [5.74, 6) is 0.890. The highest BCUT2D eigenvalue weighted by atomic mass is 15.2. The van der Waals surface area contributed by atoms with Crippen molar-refractivity contribution in [1.82, 2.24) is 10.2 Å². The third kappa shape index (κ3) is 3.08. The highest BCUT2D eigenvalue weighted by molar-refractivity contribution is 4.98. The van der Waals surface area contributed by atoms with Gasteiger partial charge in [-0.2, -0.15) is 0 Å². The minimum atomic E-state index is 0.317. The standard InChI is InChI=1S/C16H32N2/c1-16(2,18-12-8-5-9-13-18)15(17-3)14-10-6-4-7-11-14/h14-15,17H,4-13H2,1-3H3. The zero-order chi connectivity index (χ0) is 13.0. The number of nitrogens with zero attached hydrogens (tertiary/aromatic N) is 1. The molecule has 1 N–H and O–H groups in total. The van der Waals surface area contributed by atoms with Crippen molar-refractivity contribution in [2.45, 2.75) is 76.8 Å². The number of nitrogens with one attached hydrogen (secondary N) is 1. The molecule has 2 aliphatic rings. The van der Waals surface area contributed by atoms with Gasteiger partial charge in [-0.3, -0.25) is 4.90 Å². The van der Waals surface area contributed by atoms with E-state index in [1.54, 1.807) is 0 Å². The van der Waals surface area contributed by atoms with Gasteiger partial charge in [0.15, 0.2) is 0 Å². The molecule has 2 heteroatoms. The Kier molecular flexibility index (Phi) is 5.08. The molecule has 106 valence electrons. The van der Waals surface area contributed by atoms with Crippen LogP contribution in [0.3, 0.4) is 0 Å². The third-order valence-electron chi connectivity index (χ3n) is 5.36. The molecule has 2 rings (SSSR count). The lowest BCUT2D eigenvalue weighted by molar-refractivity contribution is 0.0352. The topological polar surface area (TPSA) is 15.3 Å². The fourth-order valence-corrected chi connectivity index (χ4v) is 4.30. The number of hydrogen-bond donors (Lipinski definition) is 1. The lowest BCUT2D eigenvalue weighted by Crippen LogP contribution is -2.61. The first kappa shape index (κ1) is 14.3. The Labute approximate surface area is 114 Å². The Morgan fingerprint density at radius 1 is 0.944 bits per heavy atom. The fourth-order valence-electron chi connectivity index (χ4n) is 4.30. The van der Waals surface area contributed by atoms with Crippen LogP contribution in [-0.4, -0.2) is 36.6 Å². The van der Waals surface area contributed by atoms with Gasteiger partial charge in [-0.15, -0.1) is 0 Å². The van der Waals surface area contributed by atoms with Crippen LogP contribution >= 0.6 is 0 Å². The van der Waals surface area contributed by atoms with Crippen LogP contribution < -0.4 is 5.32 Å². The molecule has 1 atom stereocenters. The van der Waals surface area contributed by atoms with E-state index >= 15 is 0 Å². The maximum Gasteiger partial charge on any atom is 0.0308 e. The fraction of sp³-hybridized carbons (Fsp3) is 1.00. The number of rotatable bonds is 4. The summed E-state index contributed by atoms with van der Waals surface area (Å²) >= 11 is 0. The van der Waals surface area contributed by atoms with Gasteiger partial charge >= 0.3 is 0 Å². The van der Waals surface area contributed by atoms with Gasteiger partial charge in [0.2, 0.25) is 0 Å². The molecule has 0 bridgehead atoms. The Morgan fingerprint density at radius 3 is 2.06 bits per heavy atom. The van der Waals surface area contributed by atoms with Crippen LogP contribution in [0.1, 0.15) is 65.2 Å². The van der Waals surface area contributed by atoms with Crippen LogP contribution in [0.2, 0.25) is 0 Å². The molecule has 1 unspecified atom stereocenters. The van der Waals surface area contributed by atoms with Crippen molar-refractivity contribution >= 4 is 0 Å². The zero-order valence-electron chi connectivity index (χ0n) is 12.7. The second-order valence-electron chi connectivity index (χ2n) is 6.87. The van der Waals surface area contributed by atoms with Crippen LogP contribution in [0.25, 0.3) is 0 Å². The summed E-state index contributed by atoms with van der Waals surface area (Å²) in [5, 5.41) is 3.67. The van der Waals surface area contributed by atoms with E-state index in [9.17, 15) is 0 Å². The van der Waals surface area contributed by atoms with Gasteiger partial charge < -0.3 is 5.32 Å². The average Bonchev–Trinajstić information content (AvgIpc) is 2.41. The molecule has 0 aromatic rings. The van der Waals surface area contributed by atoms with E-state index < -0.39 is 0 Å². The molecule has 2 nitrogen and oxygen atoms in total. The predicted molar refractivity (Wildman–Crippen MR) is 78.9 cm³/mol. The Bertz CT molecular complexity index is 237. The van der Waals surface area contributed by atoms with Crippen molar-refractivity contribution in [1.29, 1.82) is 0 Å². The quantitative estimate of drug-likeness (QED) is 0.825. The molecule has 0 radical (unpaired) electrons. The van der Waals surface area contributed by atoms with Crippen molar-refractivity contribution < 1.29 is 0 Å². The molecule has 0 amide bonds. The Balaban J connectivity index is 2.03. The van der Waals surface area contributed by atoms with Crippen LogP contribution in [0.5, 0.6) is 0 Å². The average molecular weight is 252 g/mol. The first-order chi connectivity index (χ1) is 8.66. The lowest BCUT2D eigenvalue weighted by Gasteiger charge is -2.49. The minimum absolute atomic E-state index is 0.317. The van der Waals surface area contributed by atoms with Gasteiger partial charge in [-0.25, -0.2) is 0 Å². The van der Waals surface area contributed by atoms with Crippen molar-refractivity contribution in [3.63, 3.8) is 0 Å². The molecular formula is C16H32N2.